The van der Waals surface area contributed by atoms with Crippen LogP contribution in [-0.2, 0) is 15.3 Å². The minimum Gasteiger partial charge on any atom is -0.325 e. The third kappa shape index (κ3) is 2.82. The van der Waals surface area contributed by atoms with Crippen LogP contribution in [0.15, 0.2) is 46.1 Å². The fourth-order valence-corrected chi connectivity index (χ4v) is 5.45. The molecule has 0 unspecified atom stereocenters. The van der Waals surface area contributed by atoms with E-state index in [2.05, 4.69) is 4.98 Å². The van der Waals surface area contributed by atoms with Crippen LogP contribution < -0.4 is 5.56 Å². The highest BCUT2D eigenvalue weighted by Crippen LogP contribution is 2.63. The second kappa shape index (κ2) is 6.08. The second-order valence-electron chi connectivity index (χ2n) is 8.01. The van der Waals surface area contributed by atoms with Gasteiger partial charge in [0.25, 0.3) is 5.56 Å². The topological polar surface area (TPSA) is 67.0 Å². The van der Waals surface area contributed by atoms with Gasteiger partial charge in [-0.3, -0.25) is 4.79 Å². The van der Waals surface area contributed by atoms with Gasteiger partial charge in [0.15, 0.2) is 9.84 Å². The van der Waals surface area contributed by atoms with Gasteiger partial charge >= 0.3 is 0 Å². The van der Waals surface area contributed by atoms with Gasteiger partial charge in [0.05, 0.1) is 4.90 Å². The Labute approximate surface area is 154 Å². The van der Waals surface area contributed by atoms with Crippen molar-refractivity contribution in [2.75, 3.05) is 6.26 Å². The molecule has 1 N–H and O–H groups in total. The Morgan fingerprint density at radius 1 is 1.04 bits per heavy atom. The number of nitrogens with one attached hydrogen (secondary N) is 1. The highest BCUT2D eigenvalue weighted by atomic mass is 32.2. The molecule has 2 atom stereocenters. The van der Waals surface area contributed by atoms with Crippen molar-refractivity contribution in [3.63, 3.8) is 0 Å². The largest absolute Gasteiger partial charge is 0.325 e. The van der Waals surface area contributed by atoms with Gasteiger partial charge in [-0.15, -0.1) is 0 Å². The van der Waals surface area contributed by atoms with Crippen LogP contribution in [0.1, 0.15) is 48.9 Å². The Kier molecular flexibility index (Phi) is 4.10. The van der Waals surface area contributed by atoms with Crippen LogP contribution >= 0.6 is 0 Å². The van der Waals surface area contributed by atoms with Crippen molar-refractivity contribution in [2.45, 2.75) is 49.3 Å². The van der Waals surface area contributed by atoms with E-state index in [1.807, 2.05) is 31.2 Å². The van der Waals surface area contributed by atoms with E-state index in [4.69, 9.17) is 0 Å². The first kappa shape index (κ1) is 17.5. The summed E-state index contributed by atoms with van der Waals surface area (Å²) in [6, 6.07) is 11.2. The predicted octanol–water partition coefficient (Wildman–Crippen LogP) is 3.58. The lowest BCUT2D eigenvalue weighted by Crippen LogP contribution is -2.22. The molecule has 0 radical (unpaired) electrons. The molecule has 2 saturated carbocycles. The van der Waals surface area contributed by atoms with Gasteiger partial charge in [-0.1, -0.05) is 43.9 Å². The zero-order valence-electron chi connectivity index (χ0n) is 15.3. The highest BCUT2D eigenvalue weighted by Gasteiger charge is 2.60. The molecule has 0 bridgehead atoms. The highest BCUT2D eigenvalue weighted by molar-refractivity contribution is 7.90. The van der Waals surface area contributed by atoms with Crippen molar-refractivity contribution in [2.24, 2.45) is 11.8 Å². The quantitative estimate of drug-likeness (QED) is 0.893. The molecule has 0 saturated heterocycles. The van der Waals surface area contributed by atoms with Crippen molar-refractivity contribution in [3.8, 4) is 0 Å². The van der Waals surface area contributed by atoms with Crippen LogP contribution in [0.4, 0.5) is 0 Å². The average Bonchev–Trinajstić information content (AvgIpc) is 3.12. The van der Waals surface area contributed by atoms with Gasteiger partial charge in [0.1, 0.15) is 0 Å². The molecule has 2 aliphatic carbocycles. The number of hydrogen-bond acceptors (Lipinski definition) is 3. The molecule has 1 heterocycles. The Morgan fingerprint density at radius 3 is 2.27 bits per heavy atom. The summed E-state index contributed by atoms with van der Waals surface area (Å²) in [5, 5.41) is 0. The van der Waals surface area contributed by atoms with E-state index in [0.717, 1.165) is 23.2 Å². The summed E-state index contributed by atoms with van der Waals surface area (Å²) in [5.74, 6) is 1.21. The second-order valence-corrected chi connectivity index (χ2v) is 10.0. The molecule has 0 amide bonds. The molecule has 0 spiro atoms. The van der Waals surface area contributed by atoms with Gasteiger partial charge in [-0.2, -0.15) is 0 Å². The van der Waals surface area contributed by atoms with E-state index in [9.17, 15) is 13.2 Å². The van der Waals surface area contributed by atoms with Gasteiger partial charge < -0.3 is 4.98 Å². The summed E-state index contributed by atoms with van der Waals surface area (Å²) < 4.78 is 23.6. The van der Waals surface area contributed by atoms with Crippen molar-refractivity contribution in [1.82, 2.24) is 4.98 Å². The maximum Gasteiger partial charge on any atom is 0.251 e. The average molecular weight is 372 g/mol. The molecule has 2 aromatic rings. The minimum absolute atomic E-state index is 0.0355. The molecular weight excluding hydrogens is 346 g/mol. The minimum atomic E-state index is -3.21. The fourth-order valence-electron chi connectivity index (χ4n) is 4.82. The van der Waals surface area contributed by atoms with E-state index < -0.39 is 9.84 Å². The lowest BCUT2D eigenvalue weighted by Gasteiger charge is -2.22. The van der Waals surface area contributed by atoms with E-state index >= 15 is 0 Å². The zero-order valence-corrected chi connectivity index (χ0v) is 16.1. The number of aryl methyl sites for hydroxylation is 1. The third-order valence-electron chi connectivity index (χ3n) is 6.37. The number of aromatic amines is 1. The van der Waals surface area contributed by atoms with Crippen LogP contribution in [0.3, 0.4) is 0 Å². The van der Waals surface area contributed by atoms with Crippen molar-refractivity contribution >= 4 is 9.84 Å². The number of benzene rings is 1. The molecule has 5 heteroatoms. The normalized spacial score (nSPS) is 26.2. The van der Waals surface area contributed by atoms with Gasteiger partial charge in [0.2, 0.25) is 0 Å². The molecule has 138 valence electrons. The Balaban J connectivity index is 1.79. The fraction of sp³-hybridized carbons (Fsp3) is 0.476. The smallest absolute Gasteiger partial charge is 0.251 e. The summed E-state index contributed by atoms with van der Waals surface area (Å²) in [7, 11) is -3.21. The van der Waals surface area contributed by atoms with Crippen LogP contribution in [0.5, 0.6) is 0 Å². The van der Waals surface area contributed by atoms with Crippen LogP contribution in [0.25, 0.3) is 0 Å². The predicted molar refractivity (Wildman–Crippen MR) is 102 cm³/mol. The number of aromatic nitrogens is 1. The van der Waals surface area contributed by atoms with E-state index in [1.165, 1.54) is 31.9 Å². The molecule has 1 aromatic carbocycles. The molecule has 2 fully saturated rings. The van der Waals surface area contributed by atoms with Crippen molar-refractivity contribution in [3.05, 3.63) is 63.6 Å². The lowest BCUT2D eigenvalue weighted by molar-refractivity contribution is 0.441. The van der Waals surface area contributed by atoms with Crippen LogP contribution in [-0.4, -0.2) is 19.7 Å². The summed E-state index contributed by atoms with van der Waals surface area (Å²) in [6.45, 7) is 1.82. The number of hydrogen-bond donors (Lipinski definition) is 1. The third-order valence-corrected chi connectivity index (χ3v) is 7.50. The molecule has 26 heavy (non-hydrogen) atoms. The van der Waals surface area contributed by atoms with Crippen LogP contribution in [0.2, 0.25) is 0 Å². The maximum absolute atomic E-state index is 12.2. The molecular formula is C21H25NO3S. The SMILES string of the molecule is Cc1ccc([C@]2(c3ccc(S(C)(=O)=O)cc3)C[C@@H]2C2CCCC2)[nH]c1=O. The first-order valence-electron chi connectivity index (χ1n) is 9.33. The lowest BCUT2D eigenvalue weighted by atomic mass is 9.84. The summed E-state index contributed by atoms with van der Waals surface area (Å²) in [5.41, 5.74) is 2.58. The standard InChI is InChI=1S/C21H25NO3S/c1-14-7-12-19(22-20(14)23)21(13-18(21)15-5-3-4-6-15)16-8-10-17(11-9-16)26(2,24)25/h7-12,15,18H,3-6,13H2,1-2H3,(H,22,23)/t18-,21+/m1/s1. The Bertz CT molecular complexity index is 985. The molecule has 1 aromatic heterocycles. The number of sulfone groups is 1. The first-order chi connectivity index (χ1) is 12.3. The van der Waals surface area contributed by atoms with Crippen molar-refractivity contribution in [1.29, 1.82) is 0 Å². The van der Waals surface area contributed by atoms with Gasteiger partial charge in [0, 0.05) is 22.9 Å². The number of rotatable bonds is 4. The zero-order chi connectivity index (χ0) is 18.5. The molecule has 4 rings (SSSR count). The van der Waals surface area contributed by atoms with E-state index in [-0.39, 0.29) is 11.0 Å². The monoisotopic (exact) mass is 371 g/mol. The first-order valence-corrected chi connectivity index (χ1v) is 11.2. The maximum atomic E-state index is 12.2. The van der Waals surface area contributed by atoms with Crippen molar-refractivity contribution < 1.29 is 8.42 Å². The van der Waals surface area contributed by atoms with Gasteiger partial charge in [-0.25, -0.2) is 8.42 Å². The van der Waals surface area contributed by atoms with Crippen LogP contribution in [0, 0.1) is 18.8 Å². The Hall–Kier alpha value is -1.88. The molecule has 4 nitrogen and oxygen atoms in total. The molecule has 2 aliphatic rings. The molecule has 0 aliphatic heterocycles. The Morgan fingerprint density at radius 2 is 1.69 bits per heavy atom. The number of H-pyrrole nitrogens is 1. The summed E-state index contributed by atoms with van der Waals surface area (Å²) >= 11 is 0. The number of pyridine rings is 1. The van der Waals surface area contributed by atoms with Gasteiger partial charge in [-0.05, 0) is 48.9 Å². The van der Waals surface area contributed by atoms with E-state index in [1.54, 1.807) is 12.1 Å². The van der Waals surface area contributed by atoms with E-state index in [0.29, 0.717) is 16.7 Å². The summed E-state index contributed by atoms with van der Waals surface area (Å²) in [6.07, 6.45) is 7.33. The summed E-state index contributed by atoms with van der Waals surface area (Å²) in [4.78, 5) is 15.7.